The number of carbonyl (C=O) groups excluding carboxylic acids is 1. The summed E-state index contributed by atoms with van der Waals surface area (Å²) in [5.41, 5.74) is 1.61. The fourth-order valence-electron chi connectivity index (χ4n) is 1.61. The van der Waals surface area contributed by atoms with Gasteiger partial charge in [0.2, 0.25) is 0 Å². The summed E-state index contributed by atoms with van der Waals surface area (Å²) in [7, 11) is 1.74. The first kappa shape index (κ1) is 14.3. The van der Waals surface area contributed by atoms with E-state index in [9.17, 15) is 4.79 Å². The van der Waals surface area contributed by atoms with Crippen molar-refractivity contribution >= 4 is 55.9 Å². The second-order valence-corrected chi connectivity index (χ2v) is 6.05. The zero-order chi connectivity index (χ0) is 13.8. The van der Waals surface area contributed by atoms with Crippen molar-refractivity contribution in [1.82, 2.24) is 0 Å². The first-order chi connectivity index (χ1) is 9.08. The summed E-state index contributed by atoms with van der Waals surface area (Å²) in [5, 5.41) is 2.87. The third-order valence-electron chi connectivity index (χ3n) is 2.59. The highest BCUT2D eigenvalue weighted by molar-refractivity contribution is 14.1. The minimum absolute atomic E-state index is 0.172. The van der Waals surface area contributed by atoms with Crippen LogP contribution in [0.5, 0.6) is 0 Å². The molecule has 0 aliphatic heterocycles. The van der Waals surface area contributed by atoms with Gasteiger partial charge in [0.15, 0.2) is 0 Å². The van der Waals surface area contributed by atoms with Crippen molar-refractivity contribution in [1.29, 1.82) is 0 Å². The molecule has 2 amide bonds. The Morgan fingerprint density at radius 3 is 2.63 bits per heavy atom. The molecule has 19 heavy (non-hydrogen) atoms. The number of carbonyl (C=O) groups is 1. The number of benzene rings is 2. The molecule has 98 valence electrons. The van der Waals surface area contributed by atoms with Crippen LogP contribution >= 0.6 is 38.5 Å². The summed E-state index contributed by atoms with van der Waals surface area (Å²) in [5.74, 6) is 0. The minimum atomic E-state index is -0.172. The van der Waals surface area contributed by atoms with Gasteiger partial charge in [-0.2, -0.15) is 0 Å². The van der Waals surface area contributed by atoms with E-state index in [0.29, 0.717) is 0 Å². The molecular weight excluding hydrogens is 419 g/mol. The maximum absolute atomic E-state index is 12.2. The zero-order valence-electron chi connectivity index (χ0n) is 10.2. The van der Waals surface area contributed by atoms with Crippen LogP contribution in [0.1, 0.15) is 0 Å². The molecule has 0 atom stereocenters. The number of nitrogens with zero attached hydrogens (tertiary/aromatic N) is 1. The van der Waals surface area contributed by atoms with Crippen LogP contribution < -0.4 is 10.2 Å². The van der Waals surface area contributed by atoms with E-state index in [1.165, 1.54) is 0 Å². The topological polar surface area (TPSA) is 32.3 Å². The second-order valence-electron chi connectivity index (χ2n) is 3.95. The minimum Gasteiger partial charge on any atom is -0.308 e. The van der Waals surface area contributed by atoms with Crippen LogP contribution in [0.25, 0.3) is 0 Å². The highest BCUT2D eigenvalue weighted by Crippen LogP contribution is 2.25. The van der Waals surface area contributed by atoms with E-state index in [1.54, 1.807) is 11.9 Å². The van der Waals surface area contributed by atoms with E-state index >= 15 is 0 Å². The molecule has 0 radical (unpaired) electrons. The second kappa shape index (κ2) is 6.38. The Balaban J connectivity index is 2.14. The monoisotopic (exact) mass is 430 g/mol. The Morgan fingerprint density at radius 1 is 1.21 bits per heavy atom. The third kappa shape index (κ3) is 3.70. The number of anilines is 2. The number of urea groups is 1. The molecule has 3 nitrogen and oxygen atoms in total. The Bertz CT molecular complexity index is 604. The van der Waals surface area contributed by atoms with Gasteiger partial charge in [0.25, 0.3) is 0 Å². The molecule has 1 N–H and O–H groups in total. The first-order valence-electron chi connectivity index (χ1n) is 5.63. The number of hydrogen-bond donors (Lipinski definition) is 1. The lowest BCUT2D eigenvalue weighted by molar-refractivity contribution is 0.258. The average Bonchev–Trinajstić information content (AvgIpc) is 2.38. The van der Waals surface area contributed by atoms with Crippen molar-refractivity contribution in [2.45, 2.75) is 0 Å². The zero-order valence-corrected chi connectivity index (χ0v) is 14.0. The molecule has 0 saturated carbocycles. The van der Waals surface area contributed by atoms with E-state index in [1.807, 2.05) is 48.5 Å². The van der Waals surface area contributed by atoms with Crippen molar-refractivity contribution in [3.05, 3.63) is 56.6 Å². The molecule has 0 saturated heterocycles. The van der Waals surface area contributed by atoms with Crippen LogP contribution in [0.2, 0.25) is 0 Å². The van der Waals surface area contributed by atoms with Gasteiger partial charge in [-0.1, -0.05) is 18.2 Å². The highest BCUT2D eigenvalue weighted by atomic mass is 127. The van der Waals surface area contributed by atoms with E-state index in [0.717, 1.165) is 19.4 Å². The maximum Gasteiger partial charge on any atom is 0.326 e. The molecule has 0 aromatic heterocycles. The van der Waals surface area contributed by atoms with Gasteiger partial charge in [-0.25, -0.2) is 4.79 Å². The summed E-state index contributed by atoms with van der Waals surface area (Å²) < 4.78 is 1.97. The molecule has 5 heteroatoms. The molecule has 0 aliphatic carbocycles. The Hall–Kier alpha value is -1.08. The van der Waals surface area contributed by atoms with E-state index in [-0.39, 0.29) is 6.03 Å². The van der Waals surface area contributed by atoms with Gasteiger partial charge in [0.1, 0.15) is 0 Å². The fraction of sp³-hybridized carbons (Fsp3) is 0.0714. The predicted molar refractivity (Wildman–Crippen MR) is 90.7 cm³/mol. The molecule has 0 heterocycles. The van der Waals surface area contributed by atoms with Gasteiger partial charge >= 0.3 is 6.03 Å². The summed E-state index contributed by atoms with van der Waals surface area (Å²) in [6.07, 6.45) is 0. The Labute approximate surface area is 134 Å². The van der Waals surface area contributed by atoms with Crippen molar-refractivity contribution in [3.63, 3.8) is 0 Å². The Morgan fingerprint density at radius 2 is 1.95 bits per heavy atom. The smallest absolute Gasteiger partial charge is 0.308 e. The number of rotatable bonds is 2. The van der Waals surface area contributed by atoms with Crippen molar-refractivity contribution in [2.24, 2.45) is 0 Å². The lowest BCUT2D eigenvalue weighted by Crippen LogP contribution is -2.31. The van der Waals surface area contributed by atoms with Crippen LogP contribution in [-0.4, -0.2) is 13.1 Å². The van der Waals surface area contributed by atoms with Crippen molar-refractivity contribution in [3.8, 4) is 0 Å². The number of amides is 2. The predicted octanol–water partition coefficient (Wildman–Crippen LogP) is 4.72. The lowest BCUT2D eigenvalue weighted by atomic mass is 10.3. The molecule has 2 aromatic carbocycles. The molecule has 0 fully saturated rings. The fourth-order valence-corrected chi connectivity index (χ4v) is 2.70. The lowest BCUT2D eigenvalue weighted by Gasteiger charge is -2.19. The first-order valence-corrected chi connectivity index (χ1v) is 7.50. The number of para-hydroxylation sites is 1. The Kier molecular flexibility index (Phi) is 4.81. The van der Waals surface area contributed by atoms with Crippen LogP contribution in [0.3, 0.4) is 0 Å². The molecule has 0 unspecified atom stereocenters. The molecule has 2 rings (SSSR count). The molecule has 0 aliphatic rings. The molecule has 0 spiro atoms. The van der Waals surface area contributed by atoms with Crippen LogP contribution in [0.15, 0.2) is 53.0 Å². The van der Waals surface area contributed by atoms with Gasteiger partial charge in [0.05, 0.1) is 5.69 Å². The number of nitrogens with one attached hydrogen (secondary N) is 1. The van der Waals surface area contributed by atoms with Crippen LogP contribution in [-0.2, 0) is 0 Å². The quantitative estimate of drug-likeness (QED) is 0.686. The van der Waals surface area contributed by atoms with Gasteiger partial charge in [-0.05, 0) is 68.9 Å². The highest BCUT2D eigenvalue weighted by Gasteiger charge is 2.13. The van der Waals surface area contributed by atoms with E-state index < -0.39 is 0 Å². The number of hydrogen-bond acceptors (Lipinski definition) is 1. The molecular formula is C14H12BrIN2O. The average molecular weight is 431 g/mol. The third-order valence-corrected chi connectivity index (χ3v) is 3.94. The summed E-state index contributed by atoms with van der Waals surface area (Å²) in [6, 6.07) is 15.1. The van der Waals surface area contributed by atoms with Crippen LogP contribution in [0.4, 0.5) is 16.2 Å². The summed E-state index contributed by atoms with van der Waals surface area (Å²) >= 11 is 5.65. The SMILES string of the molecule is CN(C(=O)Nc1cccc(I)c1)c1ccccc1Br. The molecule has 2 aromatic rings. The molecule has 0 bridgehead atoms. The maximum atomic E-state index is 12.2. The standard InChI is InChI=1S/C14H12BrIN2O/c1-18(13-8-3-2-7-12(13)15)14(19)17-11-6-4-5-10(16)9-11/h2-9H,1H3,(H,17,19). The van der Waals surface area contributed by atoms with Gasteiger partial charge in [-0.3, -0.25) is 4.90 Å². The number of halogens is 2. The van der Waals surface area contributed by atoms with Gasteiger partial charge < -0.3 is 5.32 Å². The summed E-state index contributed by atoms with van der Waals surface area (Å²) in [6.45, 7) is 0. The summed E-state index contributed by atoms with van der Waals surface area (Å²) in [4.78, 5) is 13.7. The normalized spacial score (nSPS) is 10.1. The van der Waals surface area contributed by atoms with Crippen molar-refractivity contribution < 1.29 is 4.79 Å². The van der Waals surface area contributed by atoms with E-state index in [2.05, 4.69) is 43.8 Å². The van der Waals surface area contributed by atoms with Gasteiger partial charge in [-0.15, -0.1) is 0 Å². The van der Waals surface area contributed by atoms with Crippen molar-refractivity contribution in [2.75, 3.05) is 17.3 Å². The van der Waals surface area contributed by atoms with Crippen LogP contribution in [0, 0.1) is 3.57 Å². The van der Waals surface area contributed by atoms with E-state index in [4.69, 9.17) is 0 Å². The largest absolute Gasteiger partial charge is 0.326 e. The van der Waals surface area contributed by atoms with Gasteiger partial charge in [0, 0.05) is 20.8 Å².